The molecular formula is C14H14N2O3S. The van der Waals surface area contributed by atoms with Gasteiger partial charge in [0.05, 0.1) is 7.11 Å². The molecule has 1 amide bonds. The van der Waals surface area contributed by atoms with Crippen molar-refractivity contribution in [2.24, 2.45) is 0 Å². The summed E-state index contributed by atoms with van der Waals surface area (Å²) in [5.41, 5.74) is 0.526. The van der Waals surface area contributed by atoms with E-state index in [0.717, 1.165) is 4.90 Å². The zero-order valence-electron chi connectivity index (χ0n) is 11.1. The van der Waals surface area contributed by atoms with Crippen molar-refractivity contribution in [3.05, 3.63) is 52.4 Å². The fourth-order valence-electron chi connectivity index (χ4n) is 1.65. The molecule has 0 fully saturated rings. The zero-order chi connectivity index (χ0) is 14.5. The molecule has 0 aliphatic carbocycles. The number of anilines is 1. The number of carbonyl (C=O) groups excluding carboxylic acids is 1. The summed E-state index contributed by atoms with van der Waals surface area (Å²) in [5, 5.41) is 2.73. The van der Waals surface area contributed by atoms with Gasteiger partial charge in [-0.1, -0.05) is 6.07 Å². The molecule has 2 aromatic rings. The Morgan fingerprint density at radius 3 is 2.80 bits per heavy atom. The Balaban J connectivity index is 2.19. The van der Waals surface area contributed by atoms with Crippen molar-refractivity contribution < 1.29 is 9.53 Å². The summed E-state index contributed by atoms with van der Waals surface area (Å²) in [6.45, 7) is 0. The van der Waals surface area contributed by atoms with E-state index in [4.69, 9.17) is 4.74 Å². The molecule has 6 heteroatoms. The van der Waals surface area contributed by atoms with Crippen molar-refractivity contribution in [3.8, 4) is 5.75 Å². The first-order valence-corrected chi connectivity index (χ1v) is 7.08. The van der Waals surface area contributed by atoms with E-state index >= 15 is 0 Å². The van der Waals surface area contributed by atoms with Crippen LogP contribution in [0.1, 0.15) is 10.5 Å². The lowest BCUT2D eigenvalue weighted by molar-refractivity contribution is 0.102. The minimum absolute atomic E-state index is 0.172. The highest BCUT2D eigenvalue weighted by Crippen LogP contribution is 2.19. The van der Waals surface area contributed by atoms with E-state index < -0.39 is 0 Å². The van der Waals surface area contributed by atoms with Crippen LogP contribution in [0.4, 0.5) is 5.69 Å². The van der Waals surface area contributed by atoms with E-state index in [1.165, 1.54) is 19.4 Å². The Kier molecular flexibility index (Phi) is 4.47. The third-order valence-electron chi connectivity index (χ3n) is 2.67. The van der Waals surface area contributed by atoms with E-state index in [2.05, 4.69) is 10.3 Å². The molecule has 0 atom stereocenters. The second-order valence-electron chi connectivity index (χ2n) is 3.97. The molecule has 0 radical (unpaired) electrons. The predicted octanol–water partition coefficient (Wildman–Crippen LogP) is 2.36. The van der Waals surface area contributed by atoms with Crippen LogP contribution >= 0.6 is 11.8 Å². The molecule has 0 spiro atoms. The first-order valence-electron chi connectivity index (χ1n) is 5.86. The van der Waals surface area contributed by atoms with Crippen LogP contribution in [0.15, 0.2) is 46.2 Å². The number of hydrogen-bond donors (Lipinski definition) is 2. The minimum Gasteiger partial charge on any atom is -0.491 e. The Morgan fingerprint density at radius 1 is 1.35 bits per heavy atom. The molecule has 0 aliphatic rings. The van der Waals surface area contributed by atoms with Gasteiger partial charge in [0.2, 0.25) is 5.43 Å². The fourth-order valence-corrected chi connectivity index (χ4v) is 2.11. The summed E-state index contributed by atoms with van der Waals surface area (Å²) in [7, 11) is 1.40. The summed E-state index contributed by atoms with van der Waals surface area (Å²) in [6, 6.07) is 8.68. The number of pyridine rings is 1. The van der Waals surface area contributed by atoms with E-state index in [-0.39, 0.29) is 22.8 Å². The molecule has 1 aromatic heterocycles. The summed E-state index contributed by atoms with van der Waals surface area (Å²) in [5.74, 6) is -0.200. The van der Waals surface area contributed by atoms with Gasteiger partial charge in [0.25, 0.3) is 5.91 Å². The summed E-state index contributed by atoms with van der Waals surface area (Å²) >= 11 is 1.59. The standard InChI is InChI=1S/C14H14N2O3S/c1-19-13-8-15-11(7-12(13)17)14(18)16-9-4-3-5-10(6-9)20-2/h3-8H,1-2H3,(H,15,17)(H,16,18). The first-order chi connectivity index (χ1) is 9.63. The van der Waals surface area contributed by atoms with Gasteiger partial charge in [-0.3, -0.25) is 9.59 Å². The third kappa shape index (κ3) is 3.21. The number of ether oxygens (including phenoxy) is 1. The molecule has 2 rings (SSSR count). The largest absolute Gasteiger partial charge is 0.491 e. The number of H-pyrrole nitrogens is 1. The summed E-state index contributed by atoms with van der Waals surface area (Å²) in [4.78, 5) is 27.4. The lowest BCUT2D eigenvalue weighted by atomic mass is 10.3. The maximum Gasteiger partial charge on any atom is 0.272 e. The molecule has 1 aromatic carbocycles. The van der Waals surface area contributed by atoms with Gasteiger partial charge in [0, 0.05) is 22.8 Å². The Bertz CT molecular complexity index is 682. The van der Waals surface area contributed by atoms with Gasteiger partial charge in [-0.05, 0) is 24.5 Å². The van der Waals surface area contributed by atoms with E-state index in [9.17, 15) is 9.59 Å². The predicted molar refractivity (Wildman–Crippen MR) is 79.8 cm³/mol. The third-order valence-corrected chi connectivity index (χ3v) is 3.39. The van der Waals surface area contributed by atoms with Crippen LogP contribution in [0.3, 0.4) is 0 Å². The number of aromatic amines is 1. The van der Waals surface area contributed by atoms with E-state index in [1.54, 1.807) is 17.8 Å². The molecule has 2 N–H and O–H groups in total. The molecule has 104 valence electrons. The zero-order valence-corrected chi connectivity index (χ0v) is 11.9. The first kappa shape index (κ1) is 14.2. The number of methoxy groups -OCH3 is 1. The molecule has 0 saturated carbocycles. The highest BCUT2D eigenvalue weighted by Gasteiger charge is 2.09. The number of thioether (sulfide) groups is 1. The quantitative estimate of drug-likeness (QED) is 0.848. The average Bonchev–Trinajstić information content (AvgIpc) is 2.47. The fraction of sp³-hybridized carbons (Fsp3) is 0.143. The molecular weight excluding hydrogens is 276 g/mol. The molecule has 0 saturated heterocycles. The SMILES string of the molecule is COc1c[nH]c(C(=O)Nc2cccc(SC)c2)cc1=O. The minimum atomic E-state index is -0.372. The second-order valence-corrected chi connectivity index (χ2v) is 4.85. The maximum absolute atomic E-state index is 12.0. The number of amides is 1. The molecule has 0 unspecified atom stereocenters. The molecule has 0 bridgehead atoms. The number of nitrogens with one attached hydrogen (secondary N) is 2. The highest BCUT2D eigenvalue weighted by atomic mass is 32.2. The van der Waals surface area contributed by atoms with Crippen molar-refractivity contribution in [3.63, 3.8) is 0 Å². The summed E-state index contributed by atoms with van der Waals surface area (Å²) in [6.07, 6.45) is 3.33. The Labute approximate surface area is 120 Å². The van der Waals surface area contributed by atoms with Gasteiger partial charge in [-0.15, -0.1) is 11.8 Å². The van der Waals surface area contributed by atoms with Crippen LogP contribution in [0, 0.1) is 0 Å². The van der Waals surface area contributed by atoms with Crippen LogP contribution in [-0.2, 0) is 0 Å². The van der Waals surface area contributed by atoms with Crippen molar-refractivity contribution in [2.75, 3.05) is 18.7 Å². The monoisotopic (exact) mass is 290 g/mol. The number of carbonyl (C=O) groups is 1. The summed E-state index contributed by atoms with van der Waals surface area (Å²) < 4.78 is 4.85. The number of hydrogen-bond acceptors (Lipinski definition) is 4. The molecule has 0 aliphatic heterocycles. The van der Waals surface area contributed by atoms with Crippen molar-refractivity contribution in [1.82, 2.24) is 4.98 Å². The van der Waals surface area contributed by atoms with Gasteiger partial charge in [-0.25, -0.2) is 0 Å². The lowest BCUT2D eigenvalue weighted by Crippen LogP contribution is -2.17. The van der Waals surface area contributed by atoms with Crippen LogP contribution in [0.2, 0.25) is 0 Å². The smallest absolute Gasteiger partial charge is 0.272 e. The number of rotatable bonds is 4. The van der Waals surface area contributed by atoms with Crippen LogP contribution in [0.25, 0.3) is 0 Å². The lowest BCUT2D eigenvalue weighted by Gasteiger charge is -2.07. The van der Waals surface area contributed by atoms with Crippen molar-refractivity contribution in [1.29, 1.82) is 0 Å². The second kappa shape index (κ2) is 6.29. The van der Waals surface area contributed by atoms with Crippen LogP contribution in [-0.4, -0.2) is 24.3 Å². The molecule has 1 heterocycles. The highest BCUT2D eigenvalue weighted by molar-refractivity contribution is 7.98. The van der Waals surface area contributed by atoms with Crippen LogP contribution in [0.5, 0.6) is 5.75 Å². The van der Waals surface area contributed by atoms with Gasteiger partial charge in [0.15, 0.2) is 5.75 Å². The van der Waals surface area contributed by atoms with Gasteiger partial charge >= 0.3 is 0 Å². The topological polar surface area (TPSA) is 71.2 Å². The normalized spacial score (nSPS) is 10.1. The Hall–Kier alpha value is -2.21. The van der Waals surface area contributed by atoms with Gasteiger partial charge < -0.3 is 15.0 Å². The molecule has 5 nitrogen and oxygen atoms in total. The van der Waals surface area contributed by atoms with E-state index in [0.29, 0.717) is 5.69 Å². The van der Waals surface area contributed by atoms with Crippen molar-refractivity contribution in [2.45, 2.75) is 4.90 Å². The maximum atomic E-state index is 12.0. The average molecular weight is 290 g/mol. The van der Waals surface area contributed by atoms with Gasteiger partial charge in [-0.2, -0.15) is 0 Å². The van der Waals surface area contributed by atoms with E-state index in [1.807, 2.05) is 24.5 Å². The molecule has 20 heavy (non-hydrogen) atoms. The van der Waals surface area contributed by atoms with Crippen LogP contribution < -0.4 is 15.5 Å². The Morgan fingerprint density at radius 2 is 2.15 bits per heavy atom. The number of aromatic nitrogens is 1. The van der Waals surface area contributed by atoms with Gasteiger partial charge in [0.1, 0.15) is 5.69 Å². The van der Waals surface area contributed by atoms with Crippen molar-refractivity contribution >= 4 is 23.4 Å². The number of benzene rings is 1.